The number of hydrogen-bond acceptors (Lipinski definition) is 4. The third-order valence-corrected chi connectivity index (χ3v) is 5.46. The molecule has 32 heavy (non-hydrogen) atoms. The van der Waals surface area contributed by atoms with Crippen molar-refractivity contribution in [3.63, 3.8) is 0 Å². The number of alkyl halides is 3. The van der Waals surface area contributed by atoms with Gasteiger partial charge < -0.3 is 10.1 Å². The second kappa shape index (κ2) is 8.53. The summed E-state index contributed by atoms with van der Waals surface area (Å²) in [5.41, 5.74) is 1.94. The fourth-order valence-corrected chi connectivity index (χ4v) is 3.51. The number of anilines is 1. The highest BCUT2D eigenvalue weighted by Gasteiger charge is 2.32. The van der Waals surface area contributed by atoms with Gasteiger partial charge in [0.1, 0.15) is 18.2 Å². The van der Waals surface area contributed by atoms with Gasteiger partial charge in [-0.15, -0.1) is 0 Å². The summed E-state index contributed by atoms with van der Waals surface area (Å²) in [6.07, 6.45) is -0.106. The molecule has 0 atom stereocenters. The molecule has 2 aromatic heterocycles. The van der Waals surface area contributed by atoms with Crippen molar-refractivity contribution in [3.05, 3.63) is 77.6 Å². The first-order valence-electron chi connectivity index (χ1n) is 10.2. The number of nitrogens with zero attached hydrogens (tertiary/aromatic N) is 3. The van der Waals surface area contributed by atoms with E-state index in [4.69, 9.17) is 4.74 Å². The molecule has 0 saturated heterocycles. The molecule has 0 aliphatic carbocycles. The van der Waals surface area contributed by atoms with Crippen LogP contribution in [0.15, 0.2) is 60.9 Å². The minimum atomic E-state index is -4.39. The molecule has 0 amide bonds. The van der Waals surface area contributed by atoms with Crippen molar-refractivity contribution in [1.29, 1.82) is 0 Å². The average molecular weight is 440 g/mol. The molecular weight excluding hydrogens is 417 g/mol. The van der Waals surface area contributed by atoms with Gasteiger partial charge in [0.15, 0.2) is 0 Å². The van der Waals surface area contributed by atoms with Gasteiger partial charge in [0.05, 0.1) is 11.1 Å². The molecule has 4 rings (SSSR count). The van der Waals surface area contributed by atoms with Crippen LogP contribution in [-0.4, -0.2) is 21.0 Å². The number of ether oxygens (including phenoxy) is 1. The highest BCUT2D eigenvalue weighted by atomic mass is 19.4. The van der Waals surface area contributed by atoms with Gasteiger partial charge in [0.25, 0.3) is 0 Å². The summed E-state index contributed by atoms with van der Waals surface area (Å²) in [6, 6.07) is 9.84. The zero-order valence-electron chi connectivity index (χ0n) is 17.8. The van der Waals surface area contributed by atoms with Crippen molar-refractivity contribution in [2.24, 2.45) is 0 Å². The first-order valence-corrected chi connectivity index (χ1v) is 10.2. The van der Waals surface area contributed by atoms with Crippen LogP contribution in [0.4, 0.5) is 19.0 Å². The lowest BCUT2D eigenvalue weighted by Gasteiger charge is -2.16. The zero-order chi connectivity index (χ0) is 22.9. The van der Waals surface area contributed by atoms with Crippen LogP contribution in [0.25, 0.3) is 16.7 Å². The fraction of sp³-hybridized carbons (Fsp3) is 0.250. The molecule has 0 aliphatic rings. The number of imidazole rings is 1. The van der Waals surface area contributed by atoms with E-state index in [1.807, 2.05) is 35.7 Å². The Morgan fingerprint density at radius 2 is 2.03 bits per heavy atom. The van der Waals surface area contributed by atoms with Gasteiger partial charge in [-0.2, -0.15) is 18.2 Å². The van der Waals surface area contributed by atoms with Crippen LogP contribution in [0.5, 0.6) is 5.75 Å². The molecule has 0 bridgehead atoms. The third-order valence-electron chi connectivity index (χ3n) is 5.46. The maximum atomic E-state index is 13.3. The highest BCUT2D eigenvalue weighted by Crippen LogP contribution is 2.33. The molecule has 1 N–H and O–H groups in total. The fourth-order valence-electron chi connectivity index (χ4n) is 3.51. The first kappa shape index (κ1) is 21.7. The summed E-state index contributed by atoms with van der Waals surface area (Å²) in [5, 5.41) is 3.98. The Morgan fingerprint density at radius 3 is 2.78 bits per heavy atom. The summed E-state index contributed by atoms with van der Waals surface area (Å²) in [4.78, 5) is 8.84. The van der Waals surface area contributed by atoms with Crippen LogP contribution in [0, 0.1) is 6.92 Å². The molecule has 0 unspecified atom stereocenters. The minimum absolute atomic E-state index is 0.187. The largest absolute Gasteiger partial charge is 0.489 e. The molecule has 0 spiro atoms. The normalized spacial score (nSPS) is 11.8. The number of nitrogens with one attached hydrogen (secondary N) is 1. The summed E-state index contributed by atoms with van der Waals surface area (Å²) >= 11 is 0. The van der Waals surface area contributed by atoms with E-state index < -0.39 is 11.7 Å². The third kappa shape index (κ3) is 4.26. The average Bonchev–Trinajstić information content (AvgIpc) is 3.24. The summed E-state index contributed by atoms with van der Waals surface area (Å²) < 4.78 is 47.5. The number of aromatic nitrogens is 3. The Bertz CT molecular complexity index is 1290. The predicted molar refractivity (Wildman–Crippen MR) is 119 cm³/mol. The van der Waals surface area contributed by atoms with E-state index in [2.05, 4.69) is 21.9 Å². The van der Waals surface area contributed by atoms with Crippen LogP contribution in [0.1, 0.15) is 30.0 Å². The maximum absolute atomic E-state index is 13.3. The number of halogens is 3. The number of benzene rings is 2. The van der Waals surface area contributed by atoms with E-state index in [9.17, 15) is 13.2 Å². The Balaban J connectivity index is 1.70. The van der Waals surface area contributed by atoms with Crippen LogP contribution < -0.4 is 10.1 Å². The quantitative estimate of drug-likeness (QED) is 0.349. The summed E-state index contributed by atoms with van der Waals surface area (Å²) in [5.74, 6) is 1.68. The van der Waals surface area contributed by atoms with E-state index in [1.165, 1.54) is 13.0 Å². The van der Waals surface area contributed by atoms with E-state index in [0.29, 0.717) is 29.5 Å². The van der Waals surface area contributed by atoms with Gasteiger partial charge in [-0.05, 0) is 54.3 Å². The van der Waals surface area contributed by atoms with E-state index in [-0.39, 0.29) is 12.1 Å². The molecule has 5 nitrogen and oxygen atoms in total. The van der Waals surface area contributed by atoms with Gasteiger partial charge in [-0.1, -0.05) is 25.6 Å². The zero-order valence-corrected chi connectivity index (χ0v) is 17.8. The van der Waals surface area contributed by atoms with E-state index in [0.717, 1.165) is 29.0 Å². The van der Waals surface area contributed by atoms with Crippen molar-refractivity contribution >= 4 is 22.5 Å². The smallest absolute Gasteiger partial charge is 0.416 e. The number of hydrogen-bond donors (Lipinski definition) is 1. The first-order chi connectivity index (χ1) is 15.3. The summed E-state index contributed by atoms with van der Waals surface area (Å²) in [7, 11) is 0. The van der Waals surface area contributed by atoms with Crippen molar-refractivity contribution in [3.8, 4) is 5.75 Å². The highest BCUT2D eigenvalue weighted by molar-refractivity contribution is 5.92. The predicted octanol–water partition coefficient (Wildman–Crippen LogP) is 6.17. The molecule has 0 radical (unpaired) electrons. The lowest BCUT2D eigenvalue weighted by atomic mass is 10.0. The maximum Gasteiger partial charge on any atom is 0.416 e. The van der Waals surface area contributed by atoms with Gasteiger partial charge in [0, 0.05) is 24.3 Å². The molecule has 0 fully saturated rings. The van der Waals surface area contributed by atoms with Crippen LogP contribution >= 0.6 is 0 Å². The molecule has 0 saturated carbocycles. The van der Waals surface area contributed by atoms with Gasteiger partial charge in [-0.3, -0.25) is 4.40 Å². The molecule has 2 aromatic carbocycles. The Labute approximate surface area is 183 Å². The second-order valence-corrected chi connectivity index (χ2v) is 7.57. The van der Waals surface area contributed by atoms with E-state index in [1.54, 1.807) is 12.3 Å². The molecule has 8 heteroatoms. The molecular formula is C24H23F3N4O. The molecule has 0 aliphatic heterocycles. The van der Waals surface area contributed by atoms with Gasteiger partial charge in [-0.25, -0.2) is 4.98 Å². The van der Waals surface area contributed by atoms with Gasteiger partial charge >= 0.3 is 6.18 Å². The summed E-state index contributed by atoms with van der Waals surface area (Å²) in [6.45, 7) is 8.05. The standard InChI is InChI=1S/C24H23F3N4O/c1-4-15(2)14-32-18-8-9-21-19(12-18)22(30-23-28-10-11-31(21)23)29-13-17-6-5-7-20(16(17)3)24(25,26)27/h5-12H,2,4,13-14H2,1,3H3,(H,28,29,30). The Morgan fingerprint density at radius 1 is 1.22 bits per heavy atom. The Kier molecular flexibility index (Phi) is 5.78. The van der Waals surface area contributed by atoms with Crippen molar-refractivity contribution in [2.45, 2.75) is 33.0 Å². The van der Waals surface area contributed by atoms with E-state index >= 15 is 0 Å². The van der Waals surface area contributed by atoms with Gasteiger partial charge in [0.2, 0.25) is 5.78 Å². The number of fused-ring (bicyclic) bond motifs is 3. The van der Waals surface area contributed by atoms with Crippen molar-refractivity contribution in [1.82, 2.24) is 14.4 Å². The van der Waals surface area contributed by atoms with Crippen molar-refractivity contribution in [2.75, 3.05) is 11.9 Å². The second-order valence-electron chi connectivity index (χ2n) is 7.57. The monoisotopic (exact) mass is 440 g/mol. The Hall–Kier alpha value is -3.55. The minimum Gasteiger partial charge on any atom is -0.489 e. The van der Waals surface area contributed by atoms with Crippen LogP contribution in [0.3, 0.4) is 0 Å². The SMILES string of the molecule is C=C(CC)COc1ccc2c(c1)c(NCc1cccc(C(F)(F)F)c1C)nc1nccn12. The molecule has 166 valence electrons. The molecule has 2 heterocycles. The number of rotatable bonds is 7. The van der Waals surface area contributed by atoms with Crippen LogP contribution in [0.2, 0.25) is 0 Å². The lowest BCUT2D eigenvalue weighted by molar-refractivity contribution is -0.138. The lowest BCUT2D eigenvalue weighted by Crippen LogP contribution is -2.11. The topological polar surface area (TPSA) is 51.5 Å². The van der Waals surface area contributed by atoms with Crippen LogP contribution in [-0.2, 0) is 12.7 Å². The van der Waals surface area contributed by atoms with Crippen molar-refractivity contribution < 1.29 is 17.9 Å². The molecule has 4 aromatic rings.